The molecule has 110 valence electrons. The van der Waals surface area contributed by atoms with Gasteiger partial charge in [0.15, 0.2) is 0 Å². The largest absolute Gasteiger partial charge is 0.466 e. The van der Waals surface area contributed by atoms with Crippen molar-refractivity contribution in [1.29, 1.82) is 0 Å². The highest BCUT2D eigenvalue weighted by atomic mass is 16.5. The molecule has 0 radical (unpaired) electrons. The van der Waals surface area contributed by atoms with E-state index in [1.165, 1.54) is 5.57 Å². The van der Waals surface area contributed by atoms with E-state index in [4.69, 9.17) is 4.74 Å². The zero-order valence-corrected chi connectivity index (χ0v) is 12.4. The van der Waals surface area contributed by atoms with Gasteiger partial charge in [-0.3, -0.25) is 9.69 Å². The number of carbonyl (C=O) groups excluding carboxylic acids is 1. The Morgan fingerprint density at radius 1 is 1.37 bits per heavy atom. The topological polar surface area (TPSA) is 41.6 Å². The maximum atomic E-state index is 11.6. The van der Waals surface area contributed by atoms with Crippen molar-refractivity contribution in [2.24, 2.45) is 5.92 Å². The molecule has 1 aliphatic rings. The molecule has 0 aromatic heterocycles. The number of piperidine rings is 1. The molecule has 1 aliphatic heterocycles. The van der Waals surface area contributed by atoms with Crippen LogP contribution in [0.3, 0.4) is 0 Å². The fraction of sp³-hybridized carbons (Fsp3) is 0.800. The van der Waals surface area contributed by atoms with Crippen molar-refractivity contribution >= 4 is 5.97 Å². The predicted octanol–water partition coefficient (Wildman–Crippen LogP) is 1.82. The lowest BCUT2D eigenvalue weighted by atomic mass is 9.97. The normalized spacial score (nSPS) is 17.4. The van der Waals surface area contributed by atoms with E-state index < -0.39 is 0 Å². The first-order chi connectivity index (χ1) is 9.17. The lowest BCUT2D eigenvalue weighted by molar-refractivity contribution is -0.149. The number of esters is 1. The Hall–Kier alpha value is -0.870. The predicted molar refractivity (Wildman–Crippen MR) is 78.1 cm³/mol. The van der Waals surface area contributed by atoms with Crippen LogP contribution >= 0.6 is 0 Å². The number of ether oxygens (including phenoxy) is 1. The summed E-state index contributed by atoms with van der Waals surface area (Å²) < 4.78 is 5.08. The lowest BCUT2D eigenvalue weighted by Crippen LogP contribution is -2.38. The average molecular weight is 268 g/mol. The van der Waals surface area contributed by atoms with Crippen LogP contribution in [0.5, 0.6) is 0 Å². The van der Waals surface area contributed by atoms with Crippen LogP contribution < -0.4 is 5.32 Å². The summed E-state index contributed by atoms with van der Waals surface area (Å²) in [5.41, 5.74) is 1.23. The zero-order valence-electron chi connectivity index (χ0n) is 12.4. The molecule has 1 fully saturated rings. The number of nitrogens with zero attached hydrogens (tertiary/aromatic N) is 1. The van der Waals surface area contributed by atoms with E-state index in [2.05, 4.69) is 23.7 Å². The van der Waals surface area contributed by atoms with E-state index in [0.717, 1.165) is 52.0 Å². The SMILES string of the molecule is C=C(CNCCC)CN1CCC(C(=O)OCC)CC1. The lowest BCUT2D eigenvalue weighted by Gasteiger charge is -2.31. The highest BCUT2D eigenvalue weighted by molar-refractivity contribution is 5.72. The highest BCUT2D eigenvalue weighted by Gasteiger charge is 2.25. The summed E-state index contributed by atoms with van der Waals surface area (Å²) in [5, 5.41) is 3.37. The van der Waals surface area contributed by atoms with Crippen molar-refractivity contribution < 1.29 is 9.53 Å². The van der Waals surface area contributed by atoms with Gasteiger partial charge in [-0.1, -0.05) is 13.5 Å². The van der Waals surface area contributed by atoms with Gasteiger partial charge in [-0.15, -0.1) is 0 Å². The number of hydrogen-bond donors (Lipinski definition) is 1. The van der Waals surface area contributed by atoms with E-state index >= 15 is 0 Å². The van der Waals surface area contributed by atoms with Gasteiger partial charge in [-0.05, 0) is 51.4 Å². The van der Waals surface area contributed by atoms with Gasteiger partial charge in [-0.25, -0.2) is 0 Å². The number of nitrogens with one attached hydrogen (secondary N) is 1. The van der Waals surface area contributed by atoms with Crippen molar-refractivity contribution in [3.8, 4) is 0 Å². The van der Waals surface area contributed by atoms with Gasteiger partial charge in [0.1, 0.15) is 0 Å². The molecule has 0 bridgehead atoms. The molecular formula is C15H28N2O2. The quantitative estimate of drug-likeness (QED) is 0.414. The Kier molecular flexibility index (Phi) is 7.75. The molecule has 0 aromatic carbocycles. The molecule has 0 unspecified atom stereocenters. The summed E-state index contributed by atoms with van der Waals surface area (Å²) in [5.74, 6) is 0.0771. The first-order valence-corrected chi connectivity index (χ1v) is 7.43. The van der Waals surface area contributed by atoms with Crippen LogP contribution in [0, 0.1) is 5.92 Å². The molecule has 0 amide bonds. The first-order valence-electron chi connectivity index (χ1n) is 7.43. The molecule has 4 nitrogen and oxygen atoms in total. The van der Waals surface area contributed by atoms with Crippen LogP contribution in [0.2, 0.25) is 0 Å². The van der Waals surface area contributed by atoms with E-state index in [1.54, 1.807) is 0 Å². The molecule has 1 rings (SSSR count). The number of hydrogen-bond acceptors (Lipinski definition) is 4. The van der Waals surface area contributed by atoms with Gasteiger partial charge in [0.2, 0.25) is 0 Å². The summed E-state index contributed by atoms with van der Waals surface area (Å²) in [6.45, 7) is 13.4. The maximum absolute atomic E-state index is 11.6. The summed E-state index contributed by atoms with van der Waals surface area (Å²) in [7, 11) is 0. The van der Waals surface area contributed by atoms with Crippen LogP contribution in [0.25, 0.3) is 0 Å². The molecule has 0 aliphatic carbocycles. The van der Waals surface area contributed by atoms with Crippen molar-refractivity contribution in [2.75, 3.05) is 39.3 Å². The second-order valence-corrected chi connectivity index (χ2v) is 5.23. The average Bonchev–Trinajstić information content (AvgIpc) is 2.40. The van der Waals surface area contributed by atoms with Gasteiger partial charge in [0, 0.05) is 13.1 Å². The van der Waals surface area contributed by atoms with Gasteiger partial charge >= 0.3 is 5.97 Å². The fourth-order valence-electron chi connectivity index (χ4n) is 2.40. The van der Waals surface area contributed by atoms with Crippen molar-refractivity contribution in [2.45, 2.75) is 33.1 Å². The second-order valence-electron chi connectivity index (χ2n) is 5.23. The molecule has 1 saturated heterocycles. The number of carbonyl (C=O) groups is 1. The third kappa shape index (κ3) is 6.21. The Balaban J connectivity index is 2.19. The number of rotatable bonds is 8. The van der Waals surface area contributed by atoms with Crippen LogP contribution in [0.15, 0.2) is 12.2 Å². The summed E-state index contributed by atoms with van der Waals surface area (Å²) in [4.78, 5) is 14.0. The van der Waals surface area contributed by atoms with Crippen molar-refractivity contribution in [3.63, 3.8) is 0 Å². The van der Waals surface area contributed by atoms with E-state index in [-0.39, 0.29) is 11.9 Å². The third-order valence-corrected chi connectivity index (χ3v) is 3.46. The minimum absolute atomic E-state index is 0.0226. The Labute approximate surface area is 117 Å². The summed E-state index contributed by atoms with van der Waals surface area (Å²) >= 11 is 0. The van der Waals surface area contributed by atoms with Gasteiger partial charge < -0.3 is 10.1 Å². The zero-order chi connectivity index (χ0) is 14.1. The standard InChI is InChI=1S/C15H28N2O2/c1-4-8-16-11-13(3)12-17-9-6-14(7-10-17)15(18)19-5-2/h14,16H,3-12H2,1-2H3. The molecule has 0 saturated carbocycles. The first kappa shape index (κ1) is 16.2. The third-order valence-electron chi connectivity index (χ3n) is 3.46. The van der Waals surface area contributed by atoms with Crippen molar-refractivity contribution in [3.05, 3.63) is 12.2 Å². The molecule has 4 heteroatoms. The van der Waals surface area contributed by atoms with Crippen molar-refractivity contribution in [1.82, 2.24) is 10.2 Å². The smallest absolute Gasteiger partial charge is 0.309 e. The second kappa shape index (κ2) is 9.10. The molecule has 1 N–H and O–H groups in total. The highest BCUT2D eigenvalue weighted by Crippen LogP contribution is 2.19. The van der Waals surface area contributed by atoms with Crippen LogP contribution in [-0.2, 0) is 9.53 Å². The Bertz CT molecular complexity index is 284. The van der Waals surface area contributed by atoms with E-state index in [0.29, 0.717) is 6.61 Å². The molecular weight excluding hydrogens is 240 g/mol. The maximum Gasteiger partial charge on any atom is 0.309 e. The van der Waals surface area contributed by atoms with Gasteiger partial charge in [-0.2, -0.15) is 0 Å². The summed E-state index contributed by atoms with van der Waals surface area (Å²) in [6, 6.07) is 0. The van der Waals surface area contributed by atoms with Crippen LogP contribution in [-0.4, -0.2) is 50.2 Å². The number of likely N-dealkylation sites (tertiary alicyclic amines) is 1. The van der Waals surface area contributed by atoms with Crippen LogP contribution in [0.1, 0.15) is 33.1 Å². The van der Waals surface area contributed by atoms with Crippen LogP contribution in [0.4, 0.5) is 0 Å². The Morgan fingerprint density at radius 2 is 2.05 bits per heavy atom. The van der Waals surface area contributed by atoms with Gasteiger partial charge in [0.05, 0.1) is 12.5 Å². The molecule has 0 aromatic rings. The molecule has 1 heterocycles. The molecule has 0 atom stereocenters. The minimum Gasteiger partial charge on any atom is -0.466 e. The minimum atomic E-state index is -0.0226. The summed E-state index contributed by atoms with van der Waals surface area (Å²) in [6.07, 6.45) is 2.97. The monoisotopic (exact) mass is 268 g/mol. The van der Waals surface area contributed by atoms with E-state index in [1.807, 2.05) is 6.92 Å². The fourth-order valence-corrected chi connectivity index (χ4v) is 2.40. The molecule has 0 spiro atoms. The molecule has 19 heavy (non-hydrogen) atoms. The van der Waals surface area contributed by atoms with Gasteiger partial charge in [0.25, 0.3) is 0 Å². The Morgan fingerprint density at radius 3 is 2.63 bits per heavy atom. The van der Waals surface area contributed by atoms with E-state index in [9.17, 15) is 4.79 Å².